The maximum Gasteiger partial charge on any atom is 0.187 e. The molecule has 2 rings (SSSR count). The van der Waals surface area contributed by atoms with Gasteiger partial charge in [0.25, 0.3) is 0 Å². The van der Waals surface area contributed by atoms with Gasteiger partial charge in [0.1, 0.15) is 0 Å². The van der Waals surface area contributed by atoms with Crippen LogP contribution in [0.5, 0.6) is 0 Å². The van der Waals surface area contributed by atoms with Crippen LogP contribution in [0.4, 0.5) is 0 Å². The van der Waals surface area contributed by atoms with Crippen molar-refractivity contribution in [3.05, 3.63) is 50.9 Å². The van der Waals surface area contributed by atoms with Gasteiger partial charge in [-0.25, -0.2) is 0 Å². The Bertz CT molecular complexity index is 636. The third kappa shape index (κ3) is 4.74. The highest BCUT2D eigenvalue weighted by atomic mass is 79.9. The highest BCUT2D eigenvalue weighted by Gasteiger charge is 2.16. The van der Waals surface area contributed by atoms with Gasteiger partial charge in [-0.15, -0.1) is 11.3 Å². The molecule has 0 bridgehead atoms. The van der Waals surface area contributed by atoms with E-state index in [2.05, 4.69) is 27.0 Å². The SMILES string of the molecule is N#CCCN(CC(=O)c1sccc1Br)Cc1cccnc1. The van der Waals surface area contributed by atoms with E-state index in [0.717, 1.165) is 14.9 Å². The molecule has 0 aliphatic rings. The fourth-order valence-electron chi connectivity index (χ4n) is 1.94. The number of nitrogens with zero attached hydrogens (tertiary/aromatic N) is 3. The third-order valence-corrected chi connectivity index (χ3v) is 4.79. The Kier molecular flexibility index (Phi) is 6.05. The molecule has 0 radical (unpaired) electrons. The second-order valence-electron chi connectivity index (χ2n) is 4.50. The van der Waals surface area contributed by atoms with Crippen LogP contribution in [0.2, 0.25) is 0 Å². The first kappa shape index (κ1) is 15.8. The standard InChI is InChI=1S/C15H14BrN3OS/c16-13-4-8-21-15(13)14(20)11-19(7-2-5-17)10-12-3-1-6-18-9-12/h1,3-4,6,8-9H,2,7,10-11H2. The molecular weight excluding hydrogens is 350 g/mol. The summed E-state index contributed by atoms with van der Waals surface area (Å²) in [5, 5.41) is 10.7. The summed E-state index contributed by atoms with van der Waals surface area (Å²) in [7, 11) is 0. The van der Waals surface area contributed by atoms with Crippen LogP contribution in [0.25, 0.3) is 0 Å². The van der Waals surface area contributed by atoms with Gasteiger partial charge in [0.15, 0.2) is 5.78 Å². The second kappa shape index (κ2) is 8.03. The van der Waals surface area contributed by atoms with Crippen LogP contribution < -0.4 is 0 Å². The van der Waals surface area contributed by atoms with Crippen LogP contribution in [0.3, 0.4) is 0 Å². The van der Waals surface area contributed by atoms with Gasteiger partial charge in [0.2, 0.25) is 0 Å². The first-order valence-electron chi connectivity index (χ1n) is 6.45. The molecular formula is C15H14BrN3OS. The summed E-state index contributed by atoms with van der Waals surface area (Å²) in [5.74, 6) is 0.0682. The van der Waals surface area contributed by atoms with Crippen molar-refractivity contribution >= 4 is 33.0 Å². The molecule has 0 unspecified atom stereocenters. The van der Waals surface area contributed by atoms with Gasteiger partial charge in [-0.3, -0.25) is 14.7 Å². The number of halogens is 1. The van der Waals surface area contributed by atoms with Crippen molar-refractivity contribution in [2.45, 2.75) is 13.0 Å². The minimum Gasteiger partial charge on any atom is -0.292 e. The molecule has 0 fully saturated rings. The Morgan fingerprint density at radius 1 is 1.48 bits per heavy atom. The van der Waals surface area contributed by atoms with Crippen LogP contribution in [0, 0.1) is 11.3 Å². The van der Waals surface area contributed by atoms with Gasteiger partial charge < -0.3 is 0 Å². The van der Waals surface area contributed by atoms with Crippen molar-refractivity contribution in [1.29, 1.82) is 5.26 Å². The molecule has 0 N–H and O–H groups in total. The average Bonchev–Trinajstić information content (AvgIpc) is 2.92. The molecule has 0 atom stereocenters. The van der Waals surface area contributed by atoms with Gasteiger partial charge in [-0.2, -0.15) is 5.26 Å². The summed E-state index contributed by atoms with van der Waals surface area (Å²) in [4.78, 5) is 19.1. The lowest BCUT2D eigenvalue weighted by Crippen LogP contribution is -2.30. The Hall–Kier alpha value is -1.55. The first-order valence-corrected chi connectivity index (χ1v) is 8.12. The van der Waals surface area contributed by atoms with Crippen molar-refractivity contribution in [2.24, 2.45) is 0 Å². The normalized spacial score (nSPS) is 10.5. The van der Waals surface area contributed by atoms with Crippen LogP contribution in [0.15, 0.2) is 40.4 Å². The summed E-state index contributed by atoms with van der Waals surface area (Å²) < 4.78 is 0.833. The van der Waals surface area contributed by atoms with E-state index in [1.54, 1.807) is 12.4 Å². The quantitative estimate of drug-likeness (QED) is 0.706. The fourth-order valence-corrected chi connectivity index (χ4v) is 3.47. The lowest BCUT2D eigenvalue weighted by molar-refractivity contribution is 0.0930. The number of pyridine rings is 1. The van der Waals surface area contributed by atoms with Crippen molar-refractivity contribution in [3.63, 3.8) is 0 Å². The molecule has 108 valence electrons. The molecule has 0 aliphatic heterocycles. The van der Waals surface area contributed by atoms with Crippen LogP contribution in [-0.2, 0) is 6.54 Å². The zero-order valence-corrected chi connectivity index (χ0v) is 13.7. The molecule has 2 aromatic heterocycles. The number of nitriles is 1. The van der Waals surface area contributed by atoms with E-state index in [1.165, 1.54) is 11.3 Å². The van der Waals surface area contributed by atoms with Gasteiger partial charge in [-0.1, -0.05) is 6.07 Å². The molecule has 0 aromatic carbocycles. The number of hydrogen-bond acceptors (Lipinski definition) is 5. The topological polar surface area (TPSA) is 57.0 Å². The molecule has 0 saturated carbocycles. The van der Waals surface area contributed by atoms with Gasteiger partial charge in [-0.05, 0) is 39.0 Å². The van der Waals surface area contributed by atoms with E-state index in [9.17, 15) is 4.79 Å². The molecule has 2 heterocycles. The zero-order chi connectivity index (χ0) is 15.1. The largest absolute Gasteiger partial charge is 0.292 e. The van der Waals surface area contributed by atoms with Gasteiger partial charge >= 0.3 is 0 Å². The van der Waals surface area contributed by atoms with E-state index in [0.29, 0.717) is 26.1 Å². The maximum atomic E-state index is 12.3. The van der Waals surface area contributed by atoms with Crippen LogP contribution in [-0.4, -0.2) is 28.8 Å². The fraction of sp³-hybridized carbons (Fsp3) is 0.267. The predicted octanol–water partition coefficient (Wildman–Crippen LogP) is 3.50. The number of rotatable bonds is 7. The molecule has 0 amide bonds. The van der Waals surface area contributed by atoms with E-state index in [4.69, 9.17) is 5.26 Å². The number of aromatic nitrogens is 1. The summed E-state index contributed by atoms with van der Waals surface area (Å²) in [6.45, 7) is 1.49. The minimum absolute atomic E-state index is 0.0682. The number of carbonyl (C=O) groups excluding carboxylic acids is 1. The van der Waals surface area contributed by atoms with Crippen molar-refractivity contribution in [1.82, 2.24) is 9.88 Å². The smallest absolute Gasteiger partial charge is 0.187 e. The Morgan fingerprint density at radius 3 is 2.95 bits per heavy atom. The monoisotopic (exact) mass is 363 g/mol. The minimum atomic E-state index is 0.0682. The van der Waals surface area contributed by atoms with E-state index in [-0.39, 0.29) is 5.78 Å². The lowest BCUT2D eigenvalue weighted by Gasteiger charge is -2.20. The Labute approximate surface area is 136 Å². The average molecular weight is 364 g/mol. The van der Waals surface area contributed by atoms with E-state index < -0.39 is 0 Å². The molecule has 6 heteroatoms. The number of ketones is 1. The highest BCUT2D eigenvalue weighted by molar-refractivity contribution is 9.10. The number of thiophene rings is 1. The van der Waals surface area contributed by atoms with E-state index >= 15 is 0 Å². The maximum absolute atomic E-state index is 12.3. The first-order chi connectivity index (χ1) is 10.2. The lowest BCUT2D eigenvalue weighted by atomic mass is 10.2. The second-order valence-corrected chi connectivity index (χ2v) is 6.27. The predicted molar refractivity (Wildman–Crippen MR) is 86.1 cm³/mol. The highest BCUT2D eigenvalue weighted by Crippen LogP contribution is 2.23. The summed E-state index contributed by atoms with van der Waals surface area (Å²) >= 11 is 4.81. The zero-order valence-electron chi connectivity index (χ0n) is 11.3. The molecule has 2 aromatic rings. The molecule has 0 saturated heterocycles. The molecule has 0 aliphatic carbocycles. The summed E-state index contributed by atoms with van der Waals surface area (Å²) in [5.41, 5.74) is 1.04. The van der Waals surface area contributed by atoms with Crippen molar-refractivity contribution in [2.75, 3.05) is 13.1 Å². The Morgan fingerprint density at radius 2 is 2.33 bits per heavy atom. The van der Waals surface area contributed by atoms with Crippen molar-refractivity contribution < 1.29 is 4.79 Å². The molecule has 0 spiro atoms. The van der Waals surface area contributed by atoms with Crippen LogP contribution in [0.1, 0.15) is 21.7 Å². The summed E-state index contributed by atoms with van der Waals surface area (Å²) in [6.07, 6.45) is 3.90. The van der Waals surface area contributed by atoms with Crippen molar-refractivity contribution in [3.8, 4) is 6.07 Å². The number of hydrogen-bond donors (Lipinski definition) is 0. The van der Waals surface area contributed by atoms with E-state index in [1.807, 2.05) is 28.5 Å². The van der Waals surface area contributed by atoms with Crippen LogP contribution >= 0.6 is 27.3 Å². The number of carbonyl (C=O) groups is 1. The third-order valence-electron chi connectivity index (χ3n) is 2.91. The molecule has 4 nitrogen and oxygen atoms in total. The summed E-state index contributed by atoms with van der Waals surface area (Å²) in [6, 6.07) is 7.84. The van der Waals surface area contributed by atoms with Gasteiger partial charge in [0.05, 0.1) is 17.5 Å². The number of Topliss-reactive ketones (excluding diaryl/α,β-unsaturated/α-hetero) is 1. The molecule has 21 heavy (non-hydrogen) atoms. The Balaban J connectivity index is 2.04. The van der Waals surface area contributed by atoms with Gasteiger partial charge in [0, 0.05) is 36.4 Å².